The third-order valence-electron chi connectivity index (χ3n) is 4.99. The summed E-state index contributed by atoms with van der Waals surface area (Å²) < 4.78 is 15.2. The maximum atomic E-state index is 13.1. The zero-order valence-corrected chi connectivity index (χ0v) is 18.7. The van der Waals surface area contributed by atoms with Crippen LogP contribution in [0, 0.1) is 0 Å². The summed E-state index contributed by atoms with van der Waals surface area (Å²) >= 11 is 0. The van der Waals surface area contributed by atoms with Gasteiger partial charge < -0.3 is 14.2 Å². The summed E-state index contributed by atoms with van der Waals surface area (Å²) in [5.41, 5.74) is 1.65. The van der Waals surface area contributed by atoms with Crippen LogP contribution < -0.4 is 19.7 Å². The monoisotopic (exact) mass is 452 g/mol. The van der Waals surface area contributed by atoms with E-state index in [1.807, 2.05) is 26.0 Å². The lowest BCUT2D eigenvalue weighted by Crippen LogP contribution is -2.54. The van der Waals surface area contributed by atoms with Gasteiger partial charge in [-0.1, -0.05) is 32.0 Å². The van der Waals surface area contributed by atoms with Gasteiger partial charge >= 0.3 is 12.0 Å². The Morgan fingerprint density at radius 3 is 2.33 bits per heavy atom. The molecule has 9 nitrogen and oxygen atoms in total. The molecule has 1 N–H and O–H groups in total. The number of nitrogens with zero attached hydrogens (tertiary/aromatic N) is 1. The summed E-state index contributed by atoms with van der Waals surface area (Å²) in [5.74, 6) is -1.24. The third-order valence-corrected chi connectivity index (χ3v) is 4.99. The molecular formula is C24H24N2O7. The summed E-state index contributed by atoms with van der Waals surface area (Å²) in [6, 6.07) is 10.8. The van der Waals surface area contributed by atoms with Crippen molar-refractivity contribution in [2.24, 2.45) is 0 Å². The number of amides is 4. The quantitative estimate of drug-likeness (QED) is 0.390. The van der Waals surface area contributed by atoms with E-state index in [9.17, 15) is 19.2 Å². The van der Waals surface area contributed by atoms with Crippen LogP contribution in [0.3, 0.4) is 0 Å². The molecule has 0 radical (unpaired) electrons. The average molecular weight is 452 g/mol. The van der Waals surface area contributed by atoms with Crippen LogP contribution in [0.2, 0.25) is 0 Å². The van der Waals surface area contributed by atoms with Gasteiger partial charge in [-0.2, -0.15) is 0 Å². The SMILES string of the molecule is COC(=O)COc1ccc(C=C2C(=O)NC(=O)N(c3ccc(C(C)C)cc3)C2=O)cc1OC. The van der Waals surface area contributed by atoms with E-state index in [0.29, 0.717) is 11.3 Å². The topological polar surface area (TPSA) is 111 Å². The number of barbiturate groups is 1. The van der Waals surface area contributed by atoms with Crippen LogP contribution in [0.15, 0.2) is 48.0 Å². The first-order valence-electron chi connectivity index (χ1n) is 10.1. The fourth-order valence-electron chi connectivity index (χ4n) is 3.16. The fourth-order valence-corrected chi connectivity index (χ4v) is 3.16. The van der Waals surface area contributed by atoms with Crippen molar-refractivity contribution < 1.29 is 33.4 Å². The number of carbonyl (C=O) groups is 4. The highest BCUT2D eigenvalue weighted by molar-refractivity contribution is 6.39. The Kier molecular flexibility index (Phi) is 7.12. The van der Waals surface area contributed by atoms with E-state index in [0.717, 1.165) is 10.5 Å². The van der Waals surface area contributed by atoms with E-state index in [1.165, 1.54) is 26.4 Å². The smallest absolute Gasteiger partial charge is 0.343 e. The number of anilines is 1. The minimum Gasteiger partial charge on any atom is -0.493 e. The maximum absolute atomic E-state index is 13.1. The second kappa shape index (κ2) is 9.99. The second-order valence-electron chi connectivity index (χ2n) is 7.48. The van der Waals surface area contributed by atoms with Gasteiger partial charge in [-0.15, -0.1) is 0 Å². The van der Waals surface area contributed by atoms with Crippen LogP contribution in [-0.2, 0) is 19.1 Å². The Balaban J connectivity index is 1.90. The van der Waals surface area contributed by atoms with Crippen molar-refractivity contribution in [3.63, 3.8) is 0 Å². The normalized spacial score (nSPS) is 15.0. The second-order valence-corrected chi connectivity index (χ2v) is 7.48. The van der Waals surface area contributed by atoms with E-state index in [-0.39, 0.29) is 29.6 Å². The van der Waals surface area contributed by atoms with E-state index < -0.39 is 23.8 Å². The summed E-state index contributed by atoms with van der Waals surface area (Å²) in [6.07, 6.45) is 1.35. The number of rotatable bonds is 7. The first-order chi connectivity index (χ1) is 15.7. The van der Waals surface area contributed by atoms with E-state index in [2.05, 4.69) is 10.1 Å². The fraction of sp³-hybridized carbons (Fsp3) is 0.250. The molecule has 0 aromatic heterocycles. The first-order valence-corrected chi connectivity index (χ1v) is 10.1. The molecule has 0 unspecified atom stereocenters. The number of hydrogen-bond donors (Lipinski definition) is 1. The van der Waals surface area contributed by atoms with Crippen LogP contribution in [0.4, 0.5) is 10.5 Å². The van der Waals surface area contributed by atoms with Gasteiger partial charge in [0.15, 0.2) is 18.1 Å². The highest BCUT2D eigenvalue weighted by Gasteiger charge is 2.36. The molecule has 33 heavy (non-hydrogen) atoms. The molecule has 1 saturated heterocycles. The average Bonchev–Trinajstić information content (AvgIpc) is 2.80. The number of imide groups is 2. The third kappa shape index (κ3) is 5.20. The van der Waals surface area contributed by atoms with Crippen molar-refractivity contribution in [1.82, 2.24) is 5.32 Å². The van der Waals surface area contributed by atoms with Gasteiger partial charge in [-0.3, -0.25) is 14.9 Å². The molecule has 0 atom stereocenters. The molecule has 0 aliphatic carbocycles. The minimum absolute atomic E-state index is 0.215. The number of hydrogen-bond acceptors (Lipinski definition) is 7. The first kappa shape index (κ1) is 23.5. The van der Waals surface area contributed by atoms with Crippen LogP contribution >= 0.6 is 0 Å². The van der Waals surface area contributed by atoms with Crippen LogP contribution in [-0.4, -0.2) is 44.6 Å². The number of nitrogens with one attached hydrogen (secondary N) is 1. The number of benzene rings is 2. The molecule has 3 rings (SSSR count). The largest absolute Gasteiger partial charge is 0.493 e. The number of methoxy groups -OCH3 is 2. The van der Waals surface area contributed by atoms with Crippen molar-refractivity contribution in [2.75, 3.05) is 25.7 Å². The van der Waals surface area contributed by atoms with Gasteiger partial charge in [0.1, 0.15) is 5.57 Å². The van der Waals surface area contributed by atoms with Gasteiger partial charge in [-0.05, 0) is 47.4 Å². The van der Waals surface area contributed by atoms with Crippen molar-refractivity contribution in [3.05, 3.63) is 59.2 Å². The molecule has 1 fully saturated rings. The molecule has 1 aliphatic rings. The molecule has 172 valence electrons. The zero-order chi connectivity index (χ0) is 24.1. The van der Waals surface area contributed by atoms with Crippen LogP contribution in [0.25, 0.3) is 6.08 Å². The predicted octanol–water partition coefficient (Wildman–Crippen LogP) is 3.04. The summed E-state index contributed by atoms with van der Waals surface area (Å²) in [4.78, 5) is 50.1. The Morgan fingerprint density at radius 2 is 1.73 bits per heavy atom. The van der Waals surface area contributed by atoms with E-state index in [1.54, 1.807) is 24.3 Å². The molecule has 1 aliphatic heterocycles. The molecule has 0 spiro atoms. The summed E-state index contributed by atoms with van der Waals surface area (Å²) in [7, 11) is 2.66. The molecule has 1 heterocycles. The van der Waals surface area contributed by atoms with Gasteiger partial charge in [0.25, 0.3) is 11.8 Å². The molecule has 4 amide bonds. The molecular weight excluding hydrogens is 428 g/mol. The lowest BCUT2D eigenvalue weighted by atomic mass is 10.0. The number of ether oxygens (including phenoxy) is 3. The Morgan fingerprint density at radius 1 is 1.03 bits per heavy atom. The van der Waals surface area contributed by atoms with E-state index in [4.69, 9.17) is 9.47 Å². The number of carbonyl (C=O) groups excluding carboxylic acids is 4. The lowest BCUT2D eigenvalue weighted by molar-refractivity contribution is -0.143. The molecule has 2 aromatic carbocycles. The molecule has 9 heteroatoms. The Labute approximate surface area is 190 Å². The van der Waals surface area contributed by atoms with Crippen molar-refractivity contribution in [2.45, 2.75) is 19.8 Å². The van der Waals surface area contributed by atoms with Gasteiger partial charge in [0.2, 0.25) is 0 Å². The highest BCUT2D eigenvalue weighted by Crippen LogP contribution is 2.30. The van der Waals surface area contributed by atoms with Crippen LogP contribution in [0.5, 0.6) is 11.5 Å². The van der Waals surface area contributed by atoms with Gasteiger partial charge in [0.05, 0.1) is 19.9 Å². The predicted molar refractivity (Wildman–Crippen MR) is 120 cm³/mol. The highest BCUT2D eigenvalue weighted by atomic mass is 16.6. The van der Waals surface area contributed by atoms with Crippen molar-refractivity contribution in [1.29, 1.82) is 0 Å². The van der Waals surface area contributed by atoms with Crippen molar-refractivity contribution >= 4 is 35.6 Å². The zero-order valence-electron chi connectivity index (χ0n) is 18.7. The number of urea groups is 1. The van der Waals surface area contributed by atoms with Crippen molar-refractivity contribution in [3.8, 4) is 11.5 Å². The molecule has 0 bridgehead atoms. The van der Waals surface area contributed by atoms with Gasteiger partial charge in [0, 0.05) is 0 Å². The Hall–Kier alpha value is -4.14. The lowest BCUT2D eigenvalue weighted by Gasteiger charge is -2.26. The standard InChI is InChI=1S/C24H24N2O7/c1-14(2)16-6-8-17(9-7-16)26-23(29)18(22(28)25-24(26)30)11-15-5-10-19(20(12-15)31-3)33-13-21(27)32-4/h5-12,14H,13H2,1-4H3,(H,25,28,30). The number of esters is 1. The summed E-state index contributed by atoms with van der Waals surface area (Å²) in [6.45, 7) is 3.77. The maximum Gasteiger partial charge on any atom is 0.343 e. The summed E-state index contributed by atoms with van der Waals surface area (Å²) in [5, 5.41) is 2.20. The molecule has 2 aromatic rings. The van der Waals surface area contributed by atoms with Gasteiger partial charge in [-0.25, -0.2) is 14.5 Å². The Bertz CT molecular complexity index is 1120. The van der Waals surface area contributed by atoms with Crippen LogP contribution in [0.1, 0.15) is 30.9 Å². The minimum atomic E-state index is -0.816. The van der Waals surface area contributed by atoms with E-state index >= 15 is 0 Å². The molecule has 0 saturated carbocycles.